The van der Waals surface area contributed by atoms with Crippen LogP contribution < -0.4 is 5.32 Å². The SMILES string of the molecule is COC(=O)C1CC(O)C(=O)N1. The molecule has 2 atom stereocenters. The van der Waals surface area contributed by atoms with Gasteiger partial charge in [-0.1, -0.05) is 0 Å². The molecule has 1 heterocycles. The molecular weight excluding hydrogens is 150 g/mol. The Balaban J connectivity index is 2.53. The van der Waals surface area contributed by atoms with Crippen LogP contribution in [0.5, 0.6) is 0 Å². The normalized spacial score (nSPS) is 29.8. The number of aliphatic hydroxyl groups excluding tert-OH is 1. The van der Waals surface area contributed by atoms with E-state index in [9.17, 15) is 9.59 Å². The lowest BCUT2D eigenvalue weighted by atomic mass is 10.2. The maximum atomic E-state index is 10.8. The molecule has 1 rings (SSSR count). The first-order valence-corrected chi connectivity index (χ1v) is 3.21. The minimum Gasteiger partial charge on any atom is -0.467 e. The van der Waals surface area contributed by atoms with E-state index in [2.05, 4.69) is 10.1 Å². The summed E-state index contributed by atoms with van der Waals surface area (Å²) in [5, 5.41) is 11.2. The third-order valence-corrected chi connectivity index (χ3v) is 1.56. The summed E-state index contributed by atoms with van der Waals surface area (Å²) >= 11 is 0. The molecule has 0 saturated carbocycles. The van der Waals surface area contributed by atoms with Crippen LogP contribution in [0, 0.1) is 0 Å². The highest BCUT2D eigenvalue weighted by Crippen LogP contribution is 2.08. The fraction of sp³-hybridized carbons (Fsp3) is 0.667. The second kappa shape index (κ2) is 2.87. The number of esters is 1. The zero-order valence-corrected chi connectivity index (χ0v) is 6.03. The number of rotatable bonds is 1. The zero-order chi connectivity index (χ0) is 8.43. The first-order chi connectivity index (χ1) is 5.15. The molecule has 2 N–H and O–H groups in total. The average Bonchev–Trinajstić information content (AvgIpc) is 2.31. The summed E-state index contributed by atoms with van der Waals surface area (Å²) in [6, 6.07) is -0.678. The number of carbonyl (C=O) groups excluding carboxylic acids is 2. The quantitative estimate of drug-likeness (QED) is 0.452. The van der Waals surface area contributed by atoms with Crippen molar-refractivity contribution in [1.82, 2.24) is 5.32 Å². The van der Waals surface area contributed by atoms with Crippen molar-refractivity contribution in [2.45, 2.75) is 18.6 Å². The fourth-order valence-corrected chi connectivity index (χ4v) is 0.955. The topological polar surface area (TPSA) is 75.6 Å². The molecule has 0 spiro atoms. The van der Waals surface area contributed by atoms with E-state index in [4.69, 9.17) is 5.11 Å². The van der Waals surface area contributed by atoms with Crippen LogP contribution in [0.15, 0.2) is 0 Å². The maximum absolute atomic E-state index is 10.8. The van der Waals surface area contributed by atoms with E-state index in [0.717, 1.165) is 0 Å². The summed E-state index contributed by atoms with van der Waals surface area (Å²) in [7, 11) is 1.24. The highest BCUT2D eigenvalue weighted by atomic mass is 16.5. The molecule has 5 nitrogen and oxygen atoms in total. The van der Waals surface area contributed by atoms with Crippen LogP contribution in [-0.4, -0.2) is 36.2 Å². The van der Waals surface area contributed by atoms with Crippen molar-refractivity contribution in [3.05, 3.63) is 0 Å². The molecule has 0 radical (unpaired) electrons. The Kier molecular flexibility index (Phi) is 2.09. The van der Waals surface area contributed by atoms with Gasteiger partial charge >= 0.3 is 5.97 Å². The molecule has 0 aromatic carbocycles. The number of methoxy groups -OCH3 is 1. The van der Waals surface area contributed by atoms with Gasteiger partial charge in [-0.3, -0.25) is 4.79 Å². The van der Waals surface area contributed by atoms with Crippen LogP contribution in [-0.2, 0) is 14.3 Å². The lowest BCUT2D eigenvalue weighted by Crippen LogP contribution is -2.34. The lowest BCUT2D eigenvalue weighted by molar-refractivity contribution is -0.143. The number of carbonyl (C=O) groups is 2. The largest absolute Gasteiger partial charge is 0.467 e. The predicted molar refractivity (Wildman–Crippen MR) is 34.6 cm³/mol. The van der Waals surface area contributed by atoms with Crippen LogP contribution in [0.3, 0.4) is 0 Å². The molecule has 11 heavy (non-hydrogen) atoms. The molecule has 1 aliphatic heterocycles. The van der Waals surface area contributed by atoms with Gasteiger partial charge in [0.15, 0.2) is 0 Å². The van der Waals surface area contributed by atoms with Gasteiger partial charge in [0.2, 0.25) is 5.91 Å². The standard InChI is InChI=1S/C6H9NO4/c1-11-6(10)3-2-4(8)5(9)7-3/h3-4,8H,2H2,1H3,(H,7,9). The average molecular weight is 159 g/mol. The third-order valence-electron chi connectivity index (χ3n) is 1.56. The van der Waals surface area contributed by atoms with E-state index in [1.807, 2.05) is 0 Å². The molecule has 1 aliphatic rings. The number of aliphatic hydroxyl groups is 1. The highest BCUT2D eigenvalue weighted by Gasteiger charge is 2.35. The highest BCUT2D eigenvalue weighted by molar-refractivity contribution is 5.90. The van der Waals surface area contributed by atoms with Crippen molar-refractivity contribution in [3.63, 3.8) is 0 Å². The van der Waals surface area contributed by atoms with Crippen LogP contribution in [0.1, 0.15) is 6.42 Å². The van der Waals surface area contributed by atoms with Crippen molar-refractivity contribution in [3.8, 4) is 0 Å². The van der Waals surface area contributed by atoms with Crippen molar-refractivity contribution >= 4 is 11.9 Å². The Bertz CT molecular complexity index is 191. The van der Waals surface area contributed by atoms with E-state index in [0.29, 0.717) is 0 Å². The fourth-order valence-electron chi connectivity index (χ4n) is 0.955. The Morgan fingerprint density at radius 3 is 2.82 bits per heavy atom. The smallest absolute Gasteiger partial charge is 0.328 e. The van der Waals surface area contributed by atoms with Gasteiger partial charge in [-0.25, -0.2) is 4.79 Å². The van der Waals surface area contributed by atoms with Crippen molar-refractivity contribution in [1.29, 1.82) is 0 Å². The Morgan fingerprint density at radius 1 is 1.82 bits per heavy atom. The summed E-state index contributed by atoms with van der Waals surface area (Å²) in [5.74, 6) is -1.03. The Morgan fingerprint density at radius 2 is 2.45 bits per heavy atom. The van der Waals surface area contributed by atoms with Gasteiger partial charge in [-0.2, -0.15) is 0 Å². The van der Waals surface area contributed by atoms with E-state index in [-0.39, 0.29) is 6.42 Å². The first kappa shape index (κ1) is 8.00. The van der Waals surface area contributed by atoms with Gasteiger partial charge in [-0.15, -0.1) is 0 Å². The summed E-state index contributed by atoms with van der Waals surface area (Å²) in [6.07, 6.45) is -0.968. The summed E-state index contributed by atoms with van der Waals surface area (Å²) in [5.41, 5.74) is 0. The maximum Gasteiger partial charge on any atom is 0.328 e. The lowest BCUT2D eigenvalue weighted by Gasteiger charge is -2.04. The van der Waals surface area contributed by atoms with Gasteiger partial charge < -0.3 is 15.2 Å². The number of nitrogens with one attached hydrogen (secondary N) is 1. The van der Waals surface area contributed by atoms with E-state index < -0.39 is 24.0 Å². The molecule has 1 saturated heterocycles. The van der Waals surface area contributed by atoms with Crippen LogP contribution in [0.2, 0.25) is 0 Å². The summed E-state index contributed by atoms with van der Waals surface area (Å²) in [6.45, 7) is 0. The summed E-state index contributed by atoms with van der Waals surface area (Å²) in [4.78, 5) is 21.4. The van der Waals surface area contributed by atoms with Crippen LogP contribution in [0.4, 0.5) is 0 Å². The molecular formula is C6H9NO4. The minimum atomic E-state index is -1.07. The molecule has 1 fully saturated rings. The molecule has 0 aliphatic carbocycles. The van der Waals surface area contributed by atoms with Gasteiger partial charge in [0.05, 0.1) is 7.11 Å². The van der Waals surface area contributed by atoms with E-state index >= 15 is 0 Å². The number of amides is 1. The molecule has 2 unspecified atom stereocenters. The second-order valence-corrected chi connectivity index (χ2v) is 2.34. The Labute approximate surface area is 63.3 Å². The molecule has 0 aromatic rings. The van der Waals surface area contributed by atoms with Gasteiger partial charge in [-0.05, 0) is 0 Å². The van der Waals surface area contributed by atoms with Crippen molar-refractivity contribution in [2.75, 3.05) is 7.11 Å². The summed E-state index contributed by atoms with van der Waals surface area (Å²) < 4.78 is 4.37. The molecule has 62 valence electrons. The van der Waals surface area contributed by atoms with E-state index in [1.165, 1.54) is 7.11 Å². The zero-order valence-electron chi connectivity index (χ0n) is 6.03. The molecule has 0 bridgehead atoms. The van der Waals surface area contributed by atoms with Gasteiger partial charge in [0.1, 0.15) is 12.1 Å². The predicted octanol–water partition coefficient (Wildman–Crippen LogP) is -1.59. The van der Waals surface area contributed by atoms with Crippen molar-refractivity contribution in [2.24, 2.45) is 0 Å². The number of hydrogen-bond donors (Lipinski definition) is 2. The van der Waals surface area contributed by atoms with Crippen molar-refractivity contribution < 1.29 is 19.4 Å². The molecule has 5 heteroatoms. The third kappa shape index (κ3) is 1.48. The van der Waals surface area contributed by atoms with E-state index in [1.54, 1.807) is 0 Å². The molecule has 0 aromatic heterocycles. The first-order valence-electron chi connectivity index (χ1n) is 3.21. The number of ether oxygens (including phenoxy) is 1. The second-order valence-electron chi connectivity index (χ2n) is 2.34. The van der Waals surface area contributed by atoms with Crippen LogP contribution in [0.25, 0.3) is 0 Å². The van der Waals surface area contributed by atoms with Crippen LogP contribution >= 0.6 is 0 Å². The molecule has 1 amide bonds. The van der Waals surface area contributed by atoms with Gasteiger partial charge in [0.25, 0.3) is 0 Å². The number of hydrogen-bond acceptors (Lipinski definition) is 4. The minimum absolute atomic E-state index is 0.103. The monoisotopic (exact) mass is 159 g/mol. The Hall–Kier alpha value is -1.10. The van der Waals surface area contributed by atoms with Gasteiger partial charge in [0, 0.05) is 6.42 Å².